The summed E-state index contributed by atoms with van der Waals surface area (Å²) in [7, 11) is 1.27. The number of rotatable bonds is 3. The van der Waals surface area contributed by atoms with Gasteiger partial charge in [-0.2, -0.15) is 0 Å². The van der Waals surface area contributed by atoms with Gasteiger partial charge in [-0.3, -0.25) is 10.1 Å². The molecule has 0 radical (unpaired) electrons. The van der Waals surface area contributed by atoms with Crippen molar-refractivity contribution >= 4 is 35.0 Å². The van der Waals surface area contributed by atoms with Gasteiger partial charge in [0.05, 0.1) is 7.11 Å². The van der Waals surface area contributed by atoms with Crippen molar-refractivity contribution in [3.8, 4) is 0 Å². The zero-order chi connectivity index (χ0) is 15.2. The number of nitrogens with zero attached hydrogens (tertiary/aromatic N) is 1. The second-order valence-electron chi connectivity index (χ2n) is 4.00. The predicted octanol–water partition coefficient (Wildman–Crippen LogP) is 3.17. The molecule has 0 aliphatic heterocycles. The van der Waals surface area contributed by atoms with Crippen LogP contribution in [0.15, 0.2) is 42.5 Å². The lowest BCUT2D eigenvalue weighted by molar-refractivity contribution is 0.102. The van der Waals surface area contributed by atoms with Gasteiger partial charge < -0.3 is 10.1 Å². The summed E-state index contributed by atoms with van der Waals surface area (Å²) in [5, 5.41) is 5.41. The number of pyridine rings is 1. The molecule has 0 unspecified atom stereocenters. The van der Waals surface area contributed by atoms with Gasteiger partial charge in [-0.15, -0.1) is 0 Å². The van der Waals surface area contributed by atoms with Crippen molar-refractivity contribution in [2.45, 2.75) is 0 Å². The number of carbonyl (C=O) groups is 2. The van der Waals surface area contributed by atoms with Crippen LogP contribution in [0.1, 0.15) is 10.5 Å². The summed E-state index contributed by atoms with van der Waals surface area (Å²) in [5.41, 5.74) is 1.21. The molecule has 6 nitrogen and oxygen atoms in total. The van der Waals surface area contributed by atoms with Crippen LogP contribution < -0.4 is 10.6 Å². The van der Waals surface area contributed by atoms with Crippen molar-refractivity contribution in [1.29, 1.82) is 0 Å². The minimum atomic E-state index is -0.588. The second-order valence-corrected chi connectivity index (χ2v) is 4.38. The van der Waals surface area contributed by atoms with Gasteiger partial charge in [0.1, 0.15) is 10.8 Å². The first kappa shape index (κ1) is 14.8. The van der Waals surface area contributed by atoms with Gasteiger partial charge >= 0.3 is 6.09 Å². The number of anilines is 2. The molecule has 2 aromatic rings. The number of ether oxygens (including phenoxy) is 1. The van der Waals surface area contributed by atoms with Crippen LogP contribution in [0.2, 0.25) is 5.15 Å². The molecule has 0 aliphatic rings. The van der Waals surface area contributed by atoms with E-state index >= 15 is 0 Å². The molecule has 1 heterocycles. The zero-order valence-corrected chi connectivity index (χ0v) is 11.8. The van der Waals surface area contributed by atoms with Crippen LogP contribution in [-0.4, -0.2) is 24.1 Å². The van der Waals surface area contributed by atoms with E-state index in [9.17, 15) is 9.59 Å². The fraction of sp³-hybridized carbons (Fsp3) is 0.0714. The number of nitrogens with one attached hydrogen (secondary N) is 2. The highest BCUT2D eigenvalue weighted by atomic mass is 35.5. The van der Waals surface area contributed by atoms with E-state index in [1.54, 1.807) is 42.5 Å². The number of methoxy groups -OCH3 is 1. The van der Waals surface area contributed by atoms with E-state index in [1.165, 1.54) is 7.11 Å². The molecule has 0 aliphatic carbocycles. The van der Waals surface area contributed by atoms with E-state index in [4.69, 9.17) is 11.6 Å². The Morgan fingerprint density at radius 2 is 1.76 bits per heavy atom. The Morgan fingerprint density at radius 3 is 2.43 bits per heavy atom. The summed E-state index contributed by atoms with van der Waals surface area (Å²) >= 11 is 5.74. The van der Waals surface area contributed by atoms with Gasteiger partial charge in [0.2, 0.25) is 0 Å². The molecule has 0 atom stereocenters. The summed E-state index contributed by atoms with van der Waals surface area (Å²) < 4.78 is 4.50. The van der Waals surface area contributed by atoms with E-state index in [0.29, 0.717) is 11.4 Å². The Bertz CT molecular complexity index is 676. The van der Waals surface area contributed by atoms with Crippen LogP contribution in [0.3, 0.4) is 0 Å². The lowest BCUT2D eigenvalue weighted by atomic mass is 10.2. The third kappa shape index (κ3) is 4.19. The minimum absolute atomic E-state index is 0.203. The summed E-state index contributed by atoms with van der Waals surface area (Å²) in [5.74, 6) is -0.396. The standard InChI is InChI=1S/C14H12ClN3O3/c1-21-14(20)17-10-5-2-4-9(8-10)16-13(19)11-6-3-7-12(15)18-11/h2-8H,1H3,(H,16,19)(H,17,20). The smallest absolute Gasteiger partial charge is 0.411 e. The van der Waals surface area contributed by atoms with Crippen LogP contribution in [0.5, 0.6) is 0 Å². The zero-order valence-electron chi connectivity index (χ0n) is 11.1. The highest BCUT2D eigenvalue weighted by Gasteiger charge is 2.09. The van der Waals surface area contributed by atoms with Gasteiger partial charge in [0.25, 0.3) is 5.91 Å². The van der Waals surface area contributed by atoms with Crippen LogP contribution in [0.4, 0.5) is 16.2 Å². The lowest BCUT2D eigenvalue weighted by Gasteiger charge is -2.08. The average Bonchev–Trinajstić information content (AvgIpc) is 2.47. The monoisotopic (exact) mass is 305 g/mol. The summed E-state index contributed by atoms with van der Waals surface area (Å²) in [6.45, 7) is 0. The maximum absolute atomic E-state index is 12.0. The summed E-state index contributed by atoms with van der Waals surface area (Å²) in [4.78, 5) is 27.1. The van der Waals surface area contributed by atoms with Gasteiger partial charge in [-0.05, 0) is 30.3 Å². The van der Waals surface area contributed by atoms with Gasteiger partial charge in [-0.25, -0.2) is 9.78 Å². The number of hydrogen-bond donors (Lipinski definition) is 2. The number of aromatic nitrogens is 1. The number of hydrogen-bond acceptors (Lipinski definition) is 4. The Hall–Kier alpha value is -2.60. The molecule has 108 valence electrons. The molecule has 0 spiro atoms. The molecule has 1 aromatic heterocycles. The van der Waals surface area contributed by atoms with Crippen LogP contribution in [0.25, 0.3) is 0 Å². The molecule has 2 N–H and O–H groups in total. The summed E-state index contributed by atoms with van der Waals surface area (Å²) in [6.07, 6.45) is -0.588. The first-order valence-electron chi connectivity index (χ1n) is 5.97. The molecule has 7 heteroatoms. The third-order valence-corrected chi connectivity index (χ3v) is 2.71. The van der Waals surface area contributed by atoms with Crippen LogP contribution in [0, 0.1) is 0 Å². The van der Waals surface area contributed by atoms with Crippen molar-refractivity contribution < 1.29 is 14.3 Å². The molecule has 2 rings (SSSR count). The molecule has 0 saturated heterocycles. The minimum Gasteiger partial charge on any atom is -0.453 e. The molecule has 2 amide bonds. The molecule has 0 fully saturated rings. The Balaban J connectivity index is 2.11. The first-order chi connectivity index (χ1) is 10.1. The van der Waals surface area contributed by atoms with Crippen LogP contribution >= 0.6 is 11.6 Å². The lowest BCUT2D eigenvalue weighted by Crippen LogP contribution is -2.14. The van der Waals surface area contributed by atoms with Crippen molar-refractivity contribution in [3.05, 3.63) is 53.3 Å². The molecule has 21 heavy (non-hydrogen) atoms. The number of benzene rings is 1. The van der Waals surface area contributed by atoms with Gasteiger partial charge in [-0.1, -0.05) is 23.7 Å². The van der Waals surface area contributed by atoms with Crippen molar-refractivity contribution in [2.24, 2.45) is 0 Å². The summed E-state index contributed by atoms with van der Waals surface area (Å²) in [6, 6.07) is 11.4. The van der Waals surface area contributed by atoms with Gasteiger partial charge in [0.15, 0.2) is 0 Å². The predicted molar refractivity (Wildman–Crippen MR) is 79.7 cm³/mol. The quantitative estimate of drug-likeness (QED) is 0.854. The van der Waals surface area contributed by atoms with Crippen molar-refractivity contribution in [1.82, 2.24) is 4.98 Å². The number of carbonyl (C=O) groups excluding carboxylic acids is 2. The molecular weight excluding hydrogens is 294 g/mol. The molecule has 0 bridgehead atoms. The number of halogens is 1. The number of amides is 2. The van der Waals surface area contributed by atoms with E-state index in [0.717, 1.165) is 0 Å². The molecule has 0 saturated carbocycles. The Morgan fingerprint density at radius 1 is 1.10 bits per heavy atom. The van der Waals surface area contributed by atoms with E-state index in [-0.39, 0.29) is 10.8 Å². The SMILES string of the molecule is COC(=O)Nc1cccc(NC(=O)c2cccc(Cl)n2)c1. The average molecular weight is 306 g/mol. The van der Waals surface area contributed by atoms with E-state index < -0.39 is 12.0 Å². The fourth-order valence-corrected chi connectivity index (χ4v) is 1.74. The fourth-order valence-electron chi connectivity index (χ4n) is 1.57. The Kier molecular flexibility index (Phi) is 4.73. The maximum Gasteiger partial charge on any atom is 0.411 e. The largest absolute Gasteiger partial charge is 0.453 e. The van der Waals surface area contributed by atoms with Crippen LogP contribution in [-0.2, 0) is 4.74 Å². The second kappa shape index (κ2) is 6.71. The topological polar surface area (TPSA) is 80.3 Å². The molecular formula is C14H12ClN3O3. The third-order valence-electron chi connectivity index (χ3n) is 2.50. The first-order valence-corrected chi connectivity index (χ1v) is 6.35. The van der Waals surface area contributed by atoms with Crippen molar-refractivity contribution in [2.75, 3.05) is 17.7 Å². The maximum atomic E-state index is 12.0. The molecule has 1 aromatic carbocycles. The van der Waals surface area contributed by atoms with Gasteiger partial charge in [0, 0.05) is 11.4 Å². The highest BCUT2D eigenvalue weighted by molar-refractivity contribution is 6.29. The normalized spacial score (nSPS) is 9.81. The van der Waals surface area contributed by atoms with Crippen molar-refractivity contribution in [3.63, 3.8) is 0 Å². The van der Waals surface area contributed by atoms with E-state index in [2.05, 4.69) is 20.4 Å². The Labute approximate surface area is 126 Å². The van der Waals surface area contributed by atoms with E-state index in [1.807, 2.05) is 0 Å². The highest BCUT2D eigenvalue weighted by Crippen LogP contribution is 2.16.